The van der Waals surface area contributed by atoms with Crippen molar-refractivity contribution >= 4 is 26.7 Å². The van der Waals surface area contributed by atoms with Crippen LogP contribution in [0.5, 0.6) is 0 Å². The van der Waals surface area contributed by atoms with Crippen molar-refractivity contribution < 1.29 is 13.2 Å². The quantitative estimate of drug-likeness (QED) is 0.304. The van der Waals surface area contributed by atoms with E-state index in [1.54, 1.807) is 12.1 Å². The van der Waals surface area contributed by atoms with Gasteiger partial charge in [0.1, 0.15) is 0 Å². The number of carbonyl (C=O) groups excluding carboxylic acids is 1. The summed E-state index contributed by atoms with van der Waals surface area (Å²) in [5.74, 6) is -0.0910. The molecule has 0 aliphatic carbocycles. The summed E-state index contributed by atoms with van der Waals surface area (Å²) in [6.45, 7) is 4.51. The third kappa shape index (κ3) is 5.87. The van der Waals surface area contributed by atoms with E-state index in [-0.39, 0.29) is 23.3 Å². The van der Waals surface area contributed by atoms with Gasteiger partial charge in [-0.2, -0.15) is 0 Å². The number of carbonyl (C=O) groups is 1. The third-order valence-electron chi connectivity index (χ3n) is 7.06. The van der Waals surface area contributed by atoms with Crippen LogP contribution < -0.4 is 4.72 Å². The zero-order chi connectivity index (χ0) is 26.7. The van der Waals surface area contributed by atoms with Crippen LogP contribution in [0.3, 0.4) is 0 Å². The molecule has 0 radical (unpaired) electrons. The van der Waals surface area contributed by atoms with Gasteiger partial charge >= 0.3 is 0 Å². The van der Waals surface area contributed by atoms with Crippen LogP contribution in [0.15, 0.2) is 108 Å². The van der Waals surface area contributed by atoms with Gasteiger partial charge in [0.05, 0.1) is 10.9 Å². The van der Waals surface area contributed by atoms with Crippen LogP contribution in [-0.4, -0.2) is 25.3 Å². The van der Waals surface area contributed by atoms with Gasteiger partial charge in [0, 0.05) is 19.0 Å². The second kappa shape index (κ2) is 10.9. The highest BCUT2D eigenvalue weighted by Crippen LogP contribution is 2.29. The molecule has 38 heavy (non-hydrogen) atoms. The van der Waals surface area contributed by atoms with Crippen LogP contribution in [0.1, 0.15) is 41.1 Å². The molecule has 4 aromatic carbocycles. The van der Waals surface area contributed by atoms with Crippen molar-refractivity contribution in [3.63, 3.8) is 0 Å². The smallest absolute Gasteiger partial charge is 0.240 e. The molecule has 0 saturated heterocycles. The molecule has 1 aliphatic rings. The second-order valence-corrected chi connectivity index (χ2v) is 11.8. The number of hydrogen-bond donors (Lipinski definition) is 1. The molecular formula is C32H32N2O3S. The Morgan fingerprint density at radius 2 is 1.50 bits per heavy atom. The van der Waals surface area contributed by atoms with Gasteiger partial charge in [-0.05, 0) is 54.3 Å². The van der Waals surface area contributed by atoms with Crippen molar-refractivity contribution in [1.29, 1.82) is 0 Å². The molecule has 0 aromatic heterocycles. The standard InChI is InChI=1S/C32H32N2O3S/c1-23-10-14-25(15-11-23)22-34-31(27-16-12-24(2)13-17-27)9-5-8-29(21-32(34)35)33-38(36,37)30-19-18-26-6-3-4-7-28(26)20-30/h3-7,9-20,29,31,33H,8,21-22H2,1-2H3/b9-5-/t29-,31?/m0/s1. The van der Waals surface area contributed by atoms with Crippen molar-refractivity contribution in [2.24, 2.45) is 0 Å². The van der Waals surface area contributed by atoms with Gasteiger partial charge in [-0.25, -0.2) is 13.1 Å². The number of nitrogens with one attached hydrogen (secondary N) is 1. The van der Waals surface area contributed by atoms with E-state index in [2.05, 4.69) is 29.0 Å². The van der Waals surface area contributed by atoms with Gasteiger partial charge in [0.25, 0.3) is 0 Å². The molecule has 194 valence electrons. The van der Waals surface area contributed by atoms with Crippen molar-refractivity contribution in [1.82, 2.24) is 9.62 Å². The number of fused-ring (bicyclic) bond motifs is 1. The zero-order valence-corrected chi connectivity index (χ0v) is 22.5. The lowest BCUT2D eigenvalue weighted by Crippen LogP contribution is -2.42. The van der Waals surface area contributed by atoms with Gasteiger partial charge in [-0.1, -0.05) is 102 Å². The molecule has 1 aliphatic heterocycles. The molecule has 1 unspecified atom stereocenters. The first kappa shape index (κ1) is 25.9. The van der Waals surface area contributed by atoms with Gasteiger partial charge < -0.3 is 4.90 Å². The molecule has 1 heterocycles. The molecule has 1 N–H and O–H groups in total. The monoisotopic (exact) mass is 524 g/mol. The van der Waals surface area contributed by atoms with E-state index in [1.807, 2.05) is 85.5 Å². The van der Waals surface area contributed by atoms with Crippen LogP contribution in [0, 0.1) is 13.8 Å². The number of sulfonamides is 1. The first-order valence-corrected chi connectivity index (χ1v) is 14.4. The first-order valence-electron chi connectivity index (χ1n) is 12.9. The van der Waals surface area contributed by atoms with Gasteiger partial charge in [0.2, 0.25) is 15.9 Å². The summed E-state index contributed by atoms with van der Waals surface area (Å²) < 4.78 is 29.4. The Kier molecular flexibility index (Phi) is 7.45. The van der Waals surface area contributed by atoms with E-state index in [0.29, 0.717) is 13.0 Å². The highest BCUT2D eigenvalue weighted by atomic mass is 32.2. The van der Waals surface area contributed by atoms with Crippen molar-refractivity contribution in [3.8, 4) is 0 Å². The van der Waals surface area contributed by atoms with E-state index in [9.17, 15) is 13.2 Å². The largest absolute Gasteiger partial charge is 0.328 e. The molecule has 2 atom stereocenters. The van der Waals surface area contributed by atoms with Crippen molar-refractivity contribution in [3.05, 3.63) is 125 Å². The lowest BCUT2D eigenvalue weighted by Gasteiger charge is -2.33. The molecule has 5 nitrogen and oxygen atoms in total. The number of rotatable bonds is 6. The van der Waals surface area contributed by atoms with Crippen LogP contribution in [0.2, 0.25) is 0 Å². The minimum atomic E-state index is -3.81. The van der Waals surface area contributed by atoms with Crippen LogP contribution in [0.4, 0.5) is 0 Å². The Labute approximate surface area is 224 Å². The van der Waals surface area contributed by atoms with E-state index in [4.69, 9.17) is 0 Å². The molecule has 0 saturated carbocycles. The lowest BCUT2D eigenvalue weighted by atomic mass is 9.97. The normalized spacial score (nSPS) is 19.2. The van der Waals surface area contributed by atoms with E-state index < -0.39 is 16.1 Å². The lowest BCUT2D eigenvalue weighted by molar-refractivity contribution is -0.134. The maximum absolute atomic E-state index is 13.8. The number of aryl methyl sites for hydroxylation is 2. The van der Waals surface area contributed by atoms with E-state index in [1.165, 1.54) is 0 Å². The number of benzene rings is 4. The Morgan fingerprint density at radius 1 is 0.842 bits per heavy atom. The molecule has 0 spiro atoms. The molecule has 1 amide bonds. The molecular weight excluding hydrogens is 492 g/mol. The summed E-state index contributed by atoms with van der Waals surface area (Å²) in [4.78, 5) is 15.8. The fourth-order valence-corrected chi connectivity index (χ4v) is 6.17. The van der Waals surface area contributed by atoms with Crippen molar-refractivity contribution in [2.45, 2.75) is 50.2 Å². The van der Waals surface area contributed by atoms with Gasteiger partial charge in [-0.3, -0.25) is 4.79 Å². The molecule has 4 aromatic rings. The molecule has 5 rings (SSSR count). The van der Waals surface area contributed by atoms with Gasteiger partial charge in [-0.15, -0.1) is 0 Å². The highest BCUT2D eigenvalue weighted by Gasteiger charge is 2.30. The highest BCUT2D eigenvalue weighted by molar-refractivity contribution is 7.89. The van der Waals surface area contributed by atoms with Crippen LogP contribution in [0.25, 0.3) is 10.8 Å². The van der Waals surface area contributed by atoms with Crippen LogP contribution >= 0.6 is 0 Å². The molecule has 0 fully saturated rings. The zero-order valence-electron chi connectivity index (χ0n) is 21.7. The fourth-order valence-electron chi connectivity index (χ4n) is 4.89. The average Bonchev–Trinajstić information content (AvgIpc) is 2.90. The van der Waals surface area contributed by atoms with Gasteiger partial charge in [0.15, 0.2) is 0 Å². The fraction of sp³-hybridized carbons (Fsp3) is 0.219. The topological polar surface area (TPSA) is 66.5 Å². The summed E-state index contributed by atoms with van der Waals surface area (Å²) in [6, 6.07) is 28.4. The molecule has 6 heteroatoms. The average molecular weight is 525 g/mol. The van der Waals surface area contributed by atoms with E-state index in [0.717, 1.165) is 33.0 Å². The Hall–Kier alpha value is -3.74. The van der Waals surface area contributed by atoms with Crippen molar-refractivity contribution in [2.75, 3.05) is 0 Å². The summed E-state index contributed by atoms with van der Waals surface area (Å²) in [5, 5.41) is 1.83. The Bertz CT molecular complexity index is 1580. The van der Waals surface area contributed by atoms with Crippen LogP contribution in [-0.2, 0) is 21.4 Å². The maximum atomic E-state index is 13.8. The summed E-state index contributed by atoms with van der Waals surface area (Å²) in [6.07, 6.45) is 4.52. The summed E-state index contributed by atoms with van der Waals surface area (Å²) in [7, 11) is -3.81. The first-order chi connectivity index (χ1) is 18.3. The number of hydrogen-bond acceptors (Lipinski definition) is 3. The molecule has 0 bridgehead atoms. The second-order valence-electron chi connectivity index (χ2n) is 10.1. The summed E-state index contributed by atoms with van der Waals surface area (Å²) in [5.41, 5.74) is 4.37. The Balaban J connectivity index is 1.42. The SMILES string of the molecule is Cc1ccc(CN2C(=O)C[C@@H](NS(=O)(=O)c3ccc4ccccc4c3)C/C=C\C2c2ccc(C)cc2)cc1. The minimum absolute atomic E-state index is 0.0748. The maximum Gasteiger partial charge on any atom is 0.240 e. The predicted molar refractivity (Wildman–Crippen MR) is 152 cm³/mol. The minimum Gasteiger partial charge on any atom is -0.328 e. The third-order valence-corrected chi connectivity index (χ3v) is 8.58. The number of amides is 1. The van der Waals surface area contributed by atoms with E-state index >= 15 is 0 Å². The predicted octanol–water partition coefficient (Wildman–Crippen LogP) is 6.22. The Morgan fingerprint density at radius 3 is 2.21 bits per heavy atom. The summed E-state index contributed by atoms with van der Waals surface area (Å²) >= 11 is 0. The number of nitrogens with zero attached hydrogens (tertiary/aromatic N) is 1.